The Balaban J connectivity index is 1.30. The number of hydrogen-bond acceptors (Lipinski definition) is 7. The molecule has 0 saturated carbocycles. The molecule has 1 saturated heterocycles. The van der Waals surface area contributed by atoms with Crippen LogP contribution in [-0.4, -0.2) is 52.4 Å². The Hall–Kier alpha value is -3.86. The van der Waals surface area contributed by atoms with E-state index in [2.05, 4.69) is 37.7 Å². The molecule has 1 aliphatic heterocycles. The van der Waals surface area contributed by atoms with E-state index in [-0.39, 0.29) is 17.8 Å². The van der Waals surface area contributed by atoms with Gasteiger partial charge in [0.1, 0.15) is 23.0 Å². The van der Waals surface area contributed by atoms with Gasteiger partial charge in [0.2, 0.25) is 5.95 Å². The van der Waals surface area contributed by atoms with Gasteiger partial charge in [0.05, 0.1) is 10.0 Å². The summed E-state index contributed by atoms with van der Waals surface area (Å²) in [5.74, 6) is 2.16. The van der Waals surface area contributed by atoms with Crippen LogP contribution in [0.15, 0.2) is 52.9 Å². The summed E-state index contributed by atoms with van der Waals surface area (Å²) in [7, 11) is 0. The predicted molar refractivity (Wildman–Crippen MR) is 169 cm³/mol. The fourth-order valence-electron chi connectivity index (χ4n) is 5.32. The summed E-state index contributed by atoms with van der Waals surface area (Å²) in [6.07, 6.45) is 2.63. The summed E-state index contributed by atoms with van der Waals surface area (Å²) in [6, 6.07) is 13.9. The molecule has 6 N–H and O–H groups in total. The van der Waals surface area contributed by atoms with Gasteiger partial charge in [-0.15, -0.1) is 0 Å². The number of amidine groups is 1. The van der Waals surface area contributed by atoms with Crippen molar-refractivity contribution in [3.05, 3.63) is 75.6 Å². The molecule has 2 amide bonds. The number of benzene rings is 2. The highest BCUT2D eigenvalue weighted by molar-refractivity contribution is 6.42. The SMILES string of the molecule is CCN1CCC(C(CCc2cc3cc(C(=N)N)ccc3o2)Nc2cc(C)nc(NC(=O)Nc3ccc(Cl)c(Cl)c3)n2)C1. The number of furan rings is 1. The molecule has 2 aromatic heterocycles. The zero-order valence-electron chi connectivity index (χ0n) is 23.5. The number of nitrogens with zero attached hydrogens (tertiary/aromatic N) is 3. The maximum atomic E-state index is 12.7. The molecule has 12 heteroatoms. The van der Waals surface area contributed by atoms with Gasteiger partial charge in [-0.2, -0.15) is 4.98 Å². The van der Waals surface area contributed by atoms with E-state index in [0.29, 0.717) is 33.0 Å². The molecule has 3 heterocycles. The standard InChI is InChI=1S/C30H34Cl2N8O2/c1-3-40-11-10-19(16-40)25(8-6-22-14-20-13-18(28(33)34)4-9-26(20)42-22)37-27-12-17(2)35-29(38-27)39-30(41)36-21-5-7-23(31)24(32)15-21/h4-5,7,9,12-15,19,25H,3,6,8,10-11,16H2,1-2H3,(H3,33,34)(H3,35,36,37,38,39,41). The first-order chi connectivity index (χ1) is 20.2. The van der Waals surface area contributed by atoms with Gasteiger partial charge in [0.25, 0.3) is 0 Å². The van der Waals surface area contributed by atoms with Crippen LogP contribution in [0.3, 0.4) is 0 Å². The molecule has 1 aliphatic rings. The lowest BCUT2D eigenvalue weighted by Crippen LogP contribution is -2.33. The zero-order valence-corrected chi connectivity index (χ0v) is 25.0. The number of nitrogens with two attached hydrogens (primary N) is 1. The lowest BCUT2D eigenvalue weighted by Gasteiger charge is -2.26. The Labute approximate surface area is 254 Å². The molecular weight excluding hydrogens is 575 g/mol. The topological polar surface area (TPSA) is 145 Å². The van der Waals surface area contributed by atoms with Crippen LogP contribution in [0.4, 0.5) is 22.2 Å². The Bertz CT molecular complexity index is 1610. The number of nitrogens with one attached hydrogen (secondary N) is 4. The van der Waals surface area contributed by atoms with Crippen LogP contribution in [0.25, 0.3) is 11.0 Å². The number of fused-ring (bicyclic) bond motifs is 1. The summed E-state index contributed by atoms with van der Waals surface area (Å²) in [5.41, 5.74) is 8.33. The van der Waals surface area contributed by atoms with Crippen molar-refractivity contribution in [1.82, 2.24) is 14.9 Å². The molecule has 1 fully saturated rings. The normalized spacial score (nSPS) is 16.0. The molecule has 2 aromatic carbocycles. The highest BCUT2D eigenvalue weighted by Crippen LogP contribution is 2.28. The fraction of sp³-hybridized carbons (Fsp3) is 0.333. The molecule has 10 nitrogen and oxygen atoms in total. The Kier molecular flexibility index (Phi) is 9.15. The zero-order chi connectivity index (χ0) is 29.8. The molecule has 5 rings (SSSR count). The van der Waals surface area contributed by atoms with E-state index in [4.69, 9.17) is 38.8 Å². The minimum atomic E-state index is -0.492. The Morgan fingerprint density at radius 2 is 1.98 bits per heavy atom. The van der Waals surface area contributed by atoms with Gasteiger partial charge in [-0.3, -0.25) is 10.7 Å². The van der Waals surface area contributed by atoms with Crippen molar-refractivity contribution in [2.45, 2.75) is 39.2 Å². The lowest BCUT2D eigenvalue weighted by atomic mass is 9.94. The van der Waals surface area contributed by atoms with E-state index in [1.807, 2.05) is 31.2 Å². The largest absolute Gasteiger partial charge is 0.461 e. The molecule has 0 radical (unpaired) electrons. The number of halogens is 2. The number of amides is 2. The smallest absolute Gasteiger partial charge is 0.326 e. The summed E-state index contributed by atoms with van der Waals surface area (Å²) in [6.45, 7) is 7.12. The number of aromatic nitrogens is 2. The number of likely N-dealkylation sites (tertiary alicyclic amines) is 1. The van der Waals surface area contributed by atoms with Crippen molar-refractivity contribution >= 4 is 63.5 Å². The van der Waals surface area contributed by atoms with Crippen LogP contribution in [0.2, 0.25) is 10.0 Å². The molecule has 0 spiro atoms. The van der Waals surface area contributed by atoms with Crippen LogP contribution >= 0.6 is 23.2 Å². The second-order valence-corrected chi connectivity index (χ2v) is 11.4. The van der Waals surface area contributed by atoms with Gasteiger partial charge in [0.15, 0.2) is 0 Å². The summed E-state index contributed by atoms with van der Waals surface area (Å²) in [4.78, 5) is 24.1. The third-order valence-electron chi connectivity index (χ3n) is 7.50. The molecule has 0 bridgehead atoms. The lowest BCUT2D eigenvalue weighted by molar-refractivity contribution is 0.262. The van der Waals surface area contributed by atoms with Gasteiger partial charge < -0.3 is 25.7 Å². The number of urea groups is 1. The number of carbonyl (C=O) groups excluding carboxylic acids is 1. The second-order valence-electron chi connectivity index (χ2n) is 10.5. The van der Waals surface area contributed by atoms with Crippen molar-refractivity contribution in [2.24, 2.45) is 11.7 Å². The number of carbonyl (C=O) groups is 1. The van der Waals surface area contributed by atoms with Gasteiger partial charge >= 0.3 is 6.03 Å². The van der Waals surface area contributed by atoms with E-state index in [1.54, 1.807) is 24.3 Å². The van der Waals surface area contributed by atoms with Crippen LogP contribution in [0.5, 0.6) is 0 Å². The molecular formula is C30H34Cl2N8O2. The average molecular weight is 610 g/mol. The first-order valence-electron chi connectivity index (χ1n) is 13.9. The fourth-order valence-corrected chi connectivity index (χ4v) is 5.62. The Morgan fingerprint density at radius 3 is 2.71 bits per heavy atom. The average Bonchev–Trinajstić information content (AvgIpc) is 3.59. The Morgan fingerprint density at radius 1 is 1.14 bits per heavy atom. The van der Waals surface area contributed by atoms with Gasteiger partial charge in [0, 0.05) is 47.4 Å². The molecule has 42 heavy (non-hydrogen) atoms. The number of hydrogen-bond donors (Lipinski definition) is 5. The molecule has 4 aromatic rings. The van der Waals surface area contributed by atoms with Crippen molar-refractivity contribution in [3.8, 4) is 0 Å². The molecule has 2 atom stereocenters. The van der Waals surface area contributed by atoms with Crippen LogP contribution in [0.1, 0.15) is 36.8 Å². The van der Waals surface area contributed by atoms with Crippen molar-refractivity contribution in [3.63, 3.8) is 0 Å². The summed E-state index contributed by atoms with van der Waals surface area (Å²) < 4.78 is 6.11. The van der Waals surface area contributed by atoms with Crippen LogP contribution in [0, 0.1) is 18.3 Å². The minimum absolute atomic E-state index is 0.0338. The van der Waals surface area contributed by atoms with Crippen LogP contribution in [-0.2, 0) is 6.42 Å². The first kappa shape index (κ1) is 29.6. The van der Waals surface area contributed by atoms with Crippen molar-refractivity contribution < 1.29 is 9.21 Å². The molecule has 0 aliphatic carbocycles. The first-order valence-corrected chi connectivity index (χ1v) is 14.7. The van der Waals surface area contributed by atoms with E-state index in [9.17, 15) is 4.79 Å². The highest BCUT2D eigenvalue weighted by Gasteiger charge is 2.29. The third kappa shape index (κ3) is 7.31. The van der Waals surface area contributed by atoms with E-state index in [1.165, 1.54) is 0 Å². The third-order valence-corrected chi connectivity index (χ3v) is 8.23. The van der Waals surface area contributed by atoms with Gasteiger partial charge in [-0.25, -0.2) is 9.78 Å². The molecule has 2 unspecified atom stereocenters. The number of rotatable bonds is 10. The monoisotopic (exact) mass is 608 g/mol. The van der Waals surface area contributed by atoms with Crippen molar-refractivity contribution in [2.75, 3.05) is 35.6 Å². The van der Waals surface area contributed by atoms with Crippen LogP contribution < -0.4 is 21.7 Å². The van der Waals surface area contributed by atoms with Crippen molar-refractivity contribution in [1.29, 1.82) is 5.41 Å². The van der Waals surface area contributed by atoms with E-state index < -0.39 is 6.03 Å². The van der Waals surface area contributed by atoms with E-state index >= 15 is 0 Å². The number of aryl methyl sites for hydroxylation is 2. The number of nitrogen functional groups attached to an aromatic ring is 1. The predicted octanol–water partition coefficient (Wildman–Crippen LogP) is 6.52. The summed E-state index contributed by atoms with van der Waals surface area (Å²) >= 11 is 12.0. The number of anilines is 3. The maximum Gasteiger partial charge on any atom is 0.326 e. The second kappa shape index (κ2) is 13.0. The quantitative estimate of drug-likeness (QED) is 0.102. The maximum absolute atomic E-state index is 12.7. The summed E-state index contributed by atoms with van der Waals surface area (Å²) in [5, 5.41) is 18.5. The van der Waals surface area contributed by atoms with Gasteiger partial charge in [-0.05, 0) is 81.2 Å². The van der Waals surface area contributed by atoms with E-state index in [0.717, 1.165) is 61.3 Å². The highest BCUT2D eigenvalue weighted by atomic mass is 35.5. The minimum Gasteiger partial charge on any atom is -0.461 e. The molecule has 220 valence electrons. The van der Waals surface area contributed by atoms with Gasteiger partial charge in [-0.1, -0.05) is 30.1 Å².